The first-order valence-electron chi connectivity index (χ1n) is 12.9. The number of fused-ring (bicyclic) bond motifs is 1. The van der Waals surface area contributed by atoms with Crippen LogP contribution in [0.15, 0.2) is 59.0 Å². The van der Waals surface area contributed by atoms with Crippen LogP contribution >= 0.6 is 0 Å². The van der Waals surface area contributed by atoms with Gasteiger partial charge in [0.25, 0.3) is 0 Å². The van der Waals surface area contributed by atoms with E-state index in [9.17, 15) is 9.90 Å². The van der Waals surface area contributed by atoms with Crippen LogP contribution in [-0.4, -0.2) is 61.9 Å². The number of phenols is 1. The normalized spacial score (nSPS) is 18.0. The van der Waals surface area contributed by atoms with Crippen molar-refractivity contribution in [1.29, 1.82) is 0 Å². The summed E-state index contributed by atoms with van der Waals surface area (Å²) in [5, 5.41) is 11.3. The van der Waals surface area contributed by atoms with Gasteiger partial charge < -0.3 is 18.8 Å². The van der Waals surface area contributed by atoms with Crippen molar-refractivity contribution in [3.05, 3.63) is 65.9 Å². The number of furan rings is 1. The Morgan fingerprint density at radius 1 is 1.19 bits per heavy atom. The first kappa shape index (κ1) is 26.4. The van der Waals surface area contributed by atoms with Gasteiger partial charge in [0.2, 0.25) is 5.91 Å². The average Bonchev–Trinajstić information content (AvgIpc) is 3.41. The molecule has 36 heavy (non-hydrogen) atoms. The Hall–Kier alpha value is -2.61. The summed E-state index contributed by atoms with van der Waals surface area (Å²) < 4.78 is 12.6. The minimum atomic E-state index is -1.84. The molecular formula is C29H40N2O4Si. The molecule has 1 saturated heterocycles. The number of likely N-dealkylation sites (tertiary alicyclic amines) is 1. The zero-order valence-electron chi connectivity index (χ0n) is 22.5. The van der Waals surface area contributed by atoms with Crippen LogP contribution in [0.2, 0.25) is 18.1 Å². The molecule has 2 atom stereocenters. The third-order valence-corrected chi connectivity index (χ3v) is 12.4. The summed E-state index contributed by atoms with van der Waals surface area (Å²) in [6.45, 7) is 13.9. The summed E-state index contributed by atoms with van der Waals surface area (Å²) in [5.74, 6) is 0.846. The van der Waals surface area contributed by atoms with Gasteiger partial charge >= 0.3 is 0 Å². The molecule has 0 aliphatic carbocycles. The molecule has 0 bridgehead atoms. The van der Waals surface area contributed by atoms with E-state index in [0.29, 0.717) is 12.3 Å². The van der Waals surface area contributed by atoms with Crippen molar-refractivity contribution in [2.24, 2.45) is 0 Å². The van der Waals surface area contributed by atoms with Crippen molar-refractivity contribution in [3.8, 4) is 5.75 Å². The number of likely N-dealkylation sites (N-methyl/N-ethyl adjacent to an activating group) is 1. The smallest absolute Gasteiger partial charge is 0.230 e. The molecule has 1 N–H and O–H groups in total. The van der Waals surface area contributed by atoms with Gasteiger partial charge in [-0.1, -0.05) is 51.1 Å². The van der Waals surface area contributed by atoms with E-state index in [2.05, 4.69) is 38.8 Å². The van der Waals surface area contributed by atoms with Crippen LogP contribution in [0.3, 0.4) is 0 Å². The van der Waals surface area contributed by atoms with Gasteiger partial charge in [0.1, 0.15) is 17.1 Å². The Kier molecular flexibility index (Phi) is 7.64. The first-order chi connectivity index (χ1) is 16.9. The number of rotatable bonds is 8. The molecule has 0 radical (unpaired) electrons. The third-order valence-electron chi connectivity index (χ3n) is 7.85. The molecule has 194 valence electrons. The Balaban J connectivity index is 1.48. The summed E-state index contributed by atoms with van der Waals surface area (Å²) in [5.41, 5.74) is 1.71. The fraction of sp³-hybridized carbons (Fsp3) is 0.483. The number of amides is 1. The van der Waals surface area contributed by atoms with Crippen molar-refractivity contribution < 1.29 is 18.7 Å². The lowest BCUT2D eigenvalue weighted by atomic mass is 10.0. The molecule has 7 heteroatoms. The molecule has 6 nitrogen and oxygen atoms in total. The van der Waals surface area contributed by atoms with Gasteiger partial charge in [-0.3, -0.25) is 9.69 Å². The number of benzene rings is 2. The van der Waals surface area contributed by atoms with Crippen LogP contribution in [0.1, 0.15) is 44.6 Å². The van der Waals surface area contributed by atoms with Gasteiger partial charge in [0.05, 0.1) is 18.6 Å². The van der Waals surface area contributed by atoms with E-state index in [1.54, 1.807) is 17.0 Å². The van der Waals surface area contributed by atoms with E-state index >= 15 is 0 Å². The predicted molar refractivity (Wildman–Crippen MR) is 147 cm³/mol. The maximum atomic E-state index is 13.4. The number of carbonyl (C=O) groups is 1. The van der Waals surface area contributed by atoms with Gasteiger partial charge in [-0.15, -0.1) is 0 Å². The number of para-hydroxylation sites is 1. The van der Waals surface area contributed by atoms with Crippen molar-refractivity contribution in [3.63, 3.8) is 0 Å². The number of hydrogen-bond acceptors (Lipinski definition) is 5. The summed E-state index contributed by atoms with van der Waals surface area (Å²) in [6.07, 6.45) is 1.40. The van der Waals surface area contributed by atoms with Crippen LogP contribution in [0.25, 0.3) is 11.0 Å². The van der Waals surface area contributed by atoms with E-state index in [1.165, 1.54) is 0 Å². The second-order valence-corrected chi connectivity index (χ2v) is 16.3. The standard InChI is InChI=1S/C29H40N2O4Si/c1-29(2,3)36(5,6)35-24-14-15-31(19-24)20-26(21-11-9-12-23(32)16-21)30(4)28(33)18-25-17-22-10-7-8-13-27(22)34-25/h7-13,16-17,24,26,32H,14-15,18-20H2,1-6H3/t24-,26+/m0/s1. The van der Waals surface area contributed by atoms with Crippen molar-refractivity contribution in [2.45, 2.75) is 63.9 Å². The zero-order valence-corrected chi connectivity index (χ0v) is 23.5. The zero-order chi connectivity index (χ0) is 26.1. The molecule has 1 aromatic heterocycles. The highest BCUT2D eigenvalue weighted by molar-refractivity contribution is 6.74. The van der Waals surface area contributed by atoms with E-state index < -0.39 is 8.32 Å². The second kappa shape index (κ2) is 10.4. The number of aromatic hydroxyl groups is 1. The molecule has 0 unspecified atom stereocenters. The van der Waals surface area contributed by atoms with Gasteiger partial charge in [-0.2, -0.15) is 0 Å². The maximum Gasteiger partial charge on any atom is 0.230 e. The Bertz CT molecular complexity index is 1170. The SMILES string of the molecule is CN(C(=O)Cc1cc2ccccc2o1)[C@H](CN1CC[C@H](O[Si](C)(C)C(C)(C)C)C1)c1cccc(O)c1. The fourth-order valence-electron chi connectivity index (χ4n) is 4.65. The first-order valence-corrected chi connectivity index (χ1v) is 15.8. The Labute approximate surface area is 216 Å². The van der Waals surface area contributed by atoms with Crippen LogP contribution in [-0.2, 0) is 15.6 Å². The minimum absolute atomic E-state index is 0.0179. The topological polar surface area (TPSA) is 66.2 Å². The third kappa shape index (κ3) is 6.02. The minimum Gasteiger partial charge on any atom is -0.508 e. The quantitative estimate of drug-likeness (QED) is 0.379. The molecule has 2 aromatic carbocycles. The fourth-order valence-corrected chi connectivity index (χ4v) is 6.03. The highest BCUT2D eigenvalue weighted by atomic mass is 28.4. The van der Waals surface area contributed by atoms with Crippen LogP contribution < -0.4 is 0 Å². The van der Waals surface area contributed by atoms with Gasteiger partial charge in [-0.05, 0) is 54.4 Å². The van der Waals surface area contributed by atoms with Gasteiger partial charge in [0.15, 0.2) is 8.32 Å². The summed E-state index contributed by atoms with van der Waals surface area (Å²) >= 11 is 0. The maximum absolute atomic E-state index is 13.4. The highest BCUT2D eigenvalue weighted by Gasteiger charge is 2.41. The van der Waals surface area contributed by atoms with Crippen molar-refractivity contribution >= 4 is 25.2 Å². The summed E-state index contributed by atoms with van der Waals surface area (Å²) in [6, 6.07) is 16.8. The summed E-state index contributed by atoms with van der Waals surface area (Å²) in [7, 11) is 0.00378. The molecule has 1 amide bonds. The lowest BCUT2D eigenvalue weighted by molar-refractivity contribution is -0.132. The molecule has 2 heterocycles. The van der Waals surface area contributed by atoms with Crippen LogP contribution in [0, 0.1) is 0 Å². The largest absolute Gasteiger partial charge is 0.508 e. The van der Waals surface area contributed by atoms with E-state index in [-0.39, 0.29) is 35.3 Å². The van der Waals surface area contributed by atoms with E-state index in [1.807, 2.05) is 49.5 Å². The number of phenolic OH excluding ortho intramolecular Hbond substituents is 1. The van der Waals surface area contributed by atoms with Crippen LogP contribution in [0.5, 0.6) is 5.75 Å². The van der Waals surface area contributed by atoms with E-state index in [4.69, 9.17) is 8.84 Å². The predicted octanol–water partition coefficient (Wildman–Crippen LogP) is 5.98. The molecular weight excluding hydrogens is 468 g/mol. The Morgan fingerprint density at radius 2 is 1.94 bits per heavy atom. The molecule has 4 rings (SSSR count). The number of hydrogen-bond donors (Lipinski definition) is 1. The number of nitrogens with zero attached hydrogens (tertiary/aromatic N) is 2. The molecule has 1 aliphatic heterocycles. The highest BCUT2D eigenvalue weighted by Crippen LogP contribution is 2.38. The average molecular weight is 509 g/mol. The van der Waals surface area contributed by atoms with Gasteiger partial charge in [0, 0.05) is 32.1 Å². The molecule has 0 spiro atoms. The van der Waals surface area contributed by atoms with Crippen molar-refractivity contribution in [2.75, 3.05) is 26.7 Å². The van der Waals surface area contributed by atoms with E-state index in [0.717, 1.165) is 36.0 Å². The molecule has 1 fully saturated rings. The lowest BCUT2D eigenvalue weighted by Gasteiger charge is -2.38. The lowest BCUT2D eigenvalue weighted by Crippen LogP contribution is -2.45. The molecule has 0 saturated carbocycles. The monoisotopic (exact) mass is 508 g/mol. The van der Waals surface area contributed by atoms with Crippen LogP contribution in [0.4, 0.5) is 0 Å². The second-order valence-electron chi connectivity index (χ2n) is 11.6. The molecule has 1 aliphatic rings. The number of carbonyl (C=O) groups excluding carboxylic acids is 1. The van der Waals surface area contributed by atoms with Crippen molar-refractivity contribution in [1.82, 2.24) is 9.80 Å². The Morgan fingerprint density at radius 3 is 2.64 bits per heavy atom. The van der Waals surface area contributed by atoms with Gasteiger partial charge in [-0.25, -0.2) is 0 Å². The molecule has 3 aromatic rings. The summed E-state index contributed by atoms with van der Waals surface area (Å²) in [4.78, 5) is 17.6.